The van der Waals surface area contributed by atoms with Gasteiger partial charge in [0.05, 0.1) is 0 Å². The van der Waals surface area contributed by atoms with Gasteiger partial charge in [-0.25, -0.2) is 0 Å². The maximum absolute atomic E-state index is 5.90. The van der Waals surface area contributed by atoms with Crippen LogP contribution in [-0.4, -0.2) is 62.6 Å². The van der Waals surface area contributed by atoms with E-state index in [-0.39, 0.29) is 0 Å². The summed E-state index contributed by atoms with van der Waals surface area (Å²) in [6, 6.07) is 22.7. The van der Waals surface area contributed by atoms with Gasteiger partial charge < -0.3 is 4.74 Å². The van der Waals surface area contributed by atoms with E-state index in [1.54, 1.807) is 16.9 Å². The zero-order chi connectivity index (χ0) is 21.8. The first-order valence-electron chi connectivity index (χ1n) is 11.2. The number of likely N-dealkylation sites (tertiary alicyclic amines) is 1. The summed E-state index contributed by atoms with van der Waals surface area (Å²) in [5.41, 5.74) is 5.27. The summed E-state index contributed by atoms with van der Waals surface area (Å²) in [6.07, 6.45) is 2.62. The molecule has 2 aromatic heterocycles. The van der Waals surface area contributed by atoms with Crippen molar-refractivity contribution in [3.8, 4) is 17.0 Å². The number of ether oxygens (including phenoxy) is 1. The van der Waals surface area contributed by atoms with Crippen LogP contribution in [0.5, 0.6) is 5.75 Å². The van der Waals surface area contributed by atoms with Crippen LogP contribution in [-0.2, 0) is 5.21 Å². The SMILES string of the molecule is [AsH2]Cc1cccc(-c2cccc3nc(Nc4ccc(OCCN5CCCC5)cc4)nn23)c1. The van der Waals surface area contributed by atoms with Crippen molar-refractivity contribution in [2.75, 3.05) is 31.6 Å². The van der Waals surface area contributed by atoms with E-state index in [0.29, 0.717) is 5.95 Å². The predicted molar refractivity (Wildman–Crippen MR) is 132 cm³/mol. The van der Waals surface area contributed by atoms with Crippen LogP contribution in [0.1, 0.15) is 18.4 Å². The molecule has 5 rings (SSSR count). The molecule has 6 nitrogen and oxygen atoms in total. The number of hydrogen-bond donors (Lipinski definition) is 1. The molecule has 0 bridgehead atoms. The number of nitrogens with one attached hydrogen (secondary N) is 1. The third-order valence-electron chi connectivity index (χ3n) is 5.80. The standard InChI is InChI=1S/C25H28AsN5O/c26-18-19-5-3-6-20(17-19)23-7-4-8-24-28-25(29-31(23)24)27-21-9-11-22(12-10-21)32-16-15-30-13-1-2-14-30/h3-12,17H,1-2,13-16,18,26H2,(H,27,29). The molecule has 0 spiro atoms. The fraction of sp³-hybridized carbons (Fsp3) is 0.280. The molecule has 2 aromatic carbocycles. The Balaban J connectivity index is 1.28. The van der Waals surface area contributed by atoms with E-state index in [2.05, 4.69) is 45.5 Å². The molecule has 0 saturated carbocycles. The van der Waals surface area contributed by atoms with Crippen LogP contribution in [0.25, 0.3) is 16.9 Å². The van der Waals surface area contributed by atoms with Crippen molar-refractivity contribution in [1.29, 1.82) is 0 Å². The molecule has 32 heavy (non-hydrogen) atoms. The van der Waals surface area contributed by atoms with Crippen molar-refractivity contribution >= 4 is 34.1 Å². The van der Waals surface area contributed by atoms with Crippen molar-refractivity contribution in [3.63, 3.8) is 0 Å². The molecule has 4 aromatic rings. The molecule has 0 aliphatic carbocycles. The second kappa shape index (κ2) is 9.76. The number of pyridine rings is 1. The molecule has 0 radical (unpaired) electrons. The fourth-order valence-electron chi connectivity index (χ4n) is 4.10. The van der Waals surface area contributed by atoms with Gasteiger partial charge in [-0.1, -0.05) is 0 Å². The van der Waals surface area contributed by atoms with Crippen LogP contribution in [0.3, 0.4) is 0 Å². The molecule has 1 aliphatic rings. The van der Waals surface area contributed by atoms with Crippen LogP contribution in [0.2, 0.25) is 0 Å². The Morgan fingerprint density at radius 1 is 0.969 bits per heavy atom. The number of fused-ring (bicyclic) bond motifs is 1. The average Bonchev–Trinajstić information content (AvgIpc) is 3.49. The molecule has 1 atom stereocenters. The van der Waals surface area contributed by atoms with E-state index in [1.807, 2.05) is 40.9 Å². The van der Waals surface area contributed by atoms with Gasteiger partial charge in [0.15, 0.2) is 0 Å². The van der Waals surface area contributed by atoms with Gasteiger partial charge >= 0.3 is 143 Å². The van der Waals surface area contributed by atoms with Gasteiger partial charge in [-0.05, 0) is 25.9 Å². The molecule has 1 unspecified atom stereocenters. The van der Waals surface area contributed by atoms with E-state index in [4.69, 9.17) is 9.84 Å². The van der Waals surface area contributed by atoms with Crippen molar-refractivity contribution in [3.05, 3.63) is 72.3 Å². The minimum absolute atomic E-state index is 0.579. The second-order valence-corrected chi connectivity index (χ2v) is 8.92. The first-order valence-corrected chi connectivity index (χ1v) is 12.9. The average molecular weight is 489 g/mol. The van der Waals surface area contributed by atoms with Crippen LogP contribution in [0.4, 0.5) is 11.6 Å². The maximum atomic E-state index is 5.90. The first-order chi connectivity index (χ1) is 15.8. The van der Waals surface area contributed by atoms with Crippen molar-refractivity contribution in [2.45, 2.75) is 18.1 Å². The Hall–Kier alpha value is -2.82. The number of anilines is 2. The molecule has 164 valence electrons. The molecule has 7 heteroatoms. The molecule has 1 fully saturated rings. The molecule has 1 saturated heterocycles. The molecule has 3 heterocycles. The van der Waals surface area contributed by atoms with E-state index in [0.717, 1.165) is 46.7 Å². The molecule has 1 N–H and O–H groups in total. The summed E-state index contributed by atoms with van der Waals surface area (Å²) in [6.45, 7) is 4.12. The van der Waals surface area contributed by atoms with E-state index >= 15 is 0 Å². The minimum atomic E-state index is 0.579. The van der Waals surface area contributed by atoms with E-state index in [9.17, 15) is 0 Å². The Morgan fingerprint density at radius 2 is 1.78 bits per heavy atom. The number of benzene rings is 2. The van der Waals surface area contributed by atoms with Gasteiger partial charge in [0.1, 0.15) is 12.4 Å². The Morgan fingerprint density at radius 3 is 2.59 bits per heavy atom. The molecular formula is C25H28AsN5O. The summed E-state index contributed by atoms with van der Waals surface area (Å²) in [5, 5.41) is 9.10. The van der Waals surface area contributed by atoms with Gasteiger partial charge in [-0.3, -0.25) is 4.90 Å². The number of hydrogen-bond acceptors (Lipinski definition) is 5. The van der Waals surface area contributed by atoms with Crippen molar-refractivity contribution in [2.24, 2.45) is 0 Å². The van der Waals surface area contributed by atoms with Gasteiger partial charge in [-0.2, -0.15) is 0 Å². The summed E-state index contributed by atoms with van der Waals surface area (Å²) >= 11 is 1.71. The normalized spacial score (nSPS) is 14.2. The van der Waals surface area contributed by atoms with E-state index in [1.165, 1.54) is 31.5 Å². The van der Waals surface area contributed by atoms with Gasteiger partial charge in [-0.15, -0.1) is 0 Å². The molecular weight excluding hydrogens is 461 g/mol. The number of rotatable bonds is 8. The quantitative estimate of drug-likeness (QED) is 0.382. The van der Waals surface area contributed by atoms with Crippen LogP contribution in [0.15, 0.2) is 66.7 Å². The monoisotopic (exact) mass is 489 g/mol. The second-order valence-electron chi connectivity index (χ2n) is 8.07. The zero-order valence-electron chi connectivity index (χ0n) is 18.1. The summed E-state index contributed by atoms with van der Waals surface area (Å²) in [7, 11) is 0. The fourth-order valence-corrected chi connectivity index (χ4v) is 4.63. The van der Waals surface area contributed by atoms with Gasteiger partial charge in [0.25, 0.3) is 0 Å². The van der Waals surface area contributed by atoms with Gasteiger partial charge in [0.2, 0.25) is 0 Å². The summed E-state index contributed by atoms with van der Waals surface area (Å²) in [4.78, 5) is 7.12. The molecule has 1 aliphatic heterocycles. The van der Waals surface area contributed by atoms with Crippen LogP contribution >= 0.6 is 0 Å². The summed E-state index contributed by atoms with van der Waals surface area (Å²) in [5.74, 6) is 1.47. The van der Waals surface area contributed by atoms with E-state index < -0.39 is 0 Å². The topological polar surface area (TPSA) is 54.7 Å². The third kappa shape index (κ3) is 4.82. The van der Waals surface area contributed by atoms with Gasteiger partial charge in [0, 0.05) is 6.54 Å². The molecule has 0 amide bonds. The summed E-state index contributed by atoms with van der Waals surface area (Å²) < 4.78 is 7.80. The third-order valence-corrected chi connectivity index (χ3v) is 6.79. The van der Waals surface area contributed by atoms with Crippen molar-refractivity contribution < 1.29 is 4.74 Å². The number of aromatic nitrogens is 3. The predicted octanol–water partition coefficient (Wildman–Crippen LogP) is 3.75. The Bertz CT molecular complexity index is 1180. The van der Waals surface area contributed by atoms with Crippen LogP contribution in [0, 0.1) is 0 Å². The zero-order valence-corrected chi connectivity index (χ0v) is 20.5. The Kier molecular flexibility index (Phi) is 6.42. The Labute approximate surface area is 197 Å². The van der Waals surface area contributed by atoms with Crippen molar-refractivity contribution in [1.82, 2.24) is 19.5 Å². The van der Waals surface area contributed by atoms with Crippen LogP contribution < -0.4 is 10.1 Å². The first kappa shape index (κ1) is 21.0. The number of nitrogens with zero attached hydrogens (tertiary/aromatic N) is 4.